The fourth-order valence-electron chi connectivity index (χ4n) is 3.06. The average molecular weight is 348 g/mol. The van der Waals surface area contributed by atoms with Crippen molar-refractivity contribution in [1.82, 2.24) is 0 Å². The number of nitrogens with one attached hydrogen (secondary N) is 1. The van der Waals surface area contributed by atoms with Crippen LogP contribution in [-0.4, -0.2) is 50.5 Å². The minimum atomic E-state index is -0.487. The van der Waals surface area contributed by atoms with Crippen LogP contribution in [0, 0.1) is 0 Å². The van der Waals surface area contributed by atoms with Gasteiger partial charge in [-0.2, -0.15) is 0 Å². The number of ether oxygens (including phenoxy) is 1. The standard InChI is InChI=1S/C19H23ClN2O2/c20-18-8-4-5-9-19(18)24-15-17(23)14-21-10-12-22(13-11-21)16-6-2-1-3-7-16/h1-9,17,23H,10-15H2/p+1/t17-/m0/s1. The number of nitrogens with zero attached hydrogens (tertiary/aromatic N) is 1. The minimum absolute atomic E-state index is 0.273. The van der Waals surface area contributed by atoms with E-state index in [-0.39, 0.29) is 6.61 Å². The van der Waals surface area contributed by atoms with Crippen molar-refractivity contribution in [3.05, 3.63) is 59.6 Å². The van der Waals surface area contributed by atoms with Crippen molar-refractivity contribution in [2.75, 3.05) is 44.2 Å². The maximum absolute atomic E-state index is 10.2. The first-order valence-corrected chi connectivity index (χ1v) is 8.79. The quantitative estimate of drug-likeness (QED) is 0.831. The summed E-state index contributed by atoms with van der Waals surface area (Å²) in [5.74, 6) is 0.627. The van der Waals surface area contributed by atoms with Gasteiger partial charge >= 0.3 is 0 Å². The highest BCUT2D eigenvalue weighted by Crippen LogP contribution is 2.23. The molecule has 2 N–H and O–H groups in total. The van der Waals surface area contributed by atoms with Crippen LogP contribution in [0.25, 0.3) is 0 Å². The number of aliphatic hydroxyl groups is 1. The third-order valence-electron chi connectivity index (χ3n) is 4.38. The van der Waals surface area contributed by atoms with Crippen molar-refractivity contribution in [2.24, 2.45) is 0 Å². The summed E-state index contributed by atoms with van der Waals surface area (Å²) in [5, 5.41) is 10.8. The highest BCUT2D eigenvalue weighted by atomic mass is 35.5. The second-order valence-electron chi connectivity index (χ2n) is 6.17. The predicted molar refractivity (Wildman–Crippen MR) is 97.2 cm³/mol. The summed E-state index contributed by atoms with van der Waals surface area (Å²) in [4.78, 5) is 3.81. The largest absolute Gasteiger partial charge is 0.489 e. The Labute approximate surface area is 148 Å². The van der Waals surface area contributed by atoms with Crippen LogP contribution in [0.1, 0.15) is 0 Å². The van der Waals surface area contributed by atoms with Crippen LogP contribution in [0.15, 0.2) is 54.6 Å². The van der Waals surface area contributed by atoms with E-state index in [1.165, 1.54) is 10.6 Å². The molecule has 5 heteroatoms. The van der Waals surface area contributed by atoms with Crippen LogP contribution in [0.4, 0.5) is 5.69 Å². The van der Waals surface area contributed by atoms with Crippen LogP contribution in [0.5, 0.6) is 5.75 Å². The molecular formula is C19H24ClN2O2+. The Morgan fingerprint density at radius 2 is 1.71 bits per heavy atom. The number of anilines is 1. The van der Waals surface area contributed by atoms with E-state index >= 15 is 0 Å². The third kappa shape index (κ3) is 4.63. The second kappa shape index (κ2) is 8.38. The molecule has 0 aromatic heterocycles. The van der Waals surface area contributed by atoms with Crippen LogP contribution in [0.3, 0.4) is 0 Å². The van der Waals surface area contributed by atoms with Crippen LogP contribution >= 0.6 is 11.6 Å². The first kappa shape index (κ1) is 17.1. The minimum Gasteiger partial charge on any atom is -0.489 e. The van der Waals surface area contributed by atoms with E-state index in [0.29, 0.717) is 17.3 Å². The molecule has 1 aliphatic rings. The summed E-state index contributed by atoms with van der Waals surface area (Å²) in [6.45, 7) is 5.05. The number of piperazine rings is 1. The van der Waals surface area contributed by atoms with Crippen LogP contribution < -0.4 is 14.5 Å². The zero-order valence-corrected chi connectivity index (χ0v) is 14.5. The van der Waals surface area contributed by atoms with Crippen molar-refractivity contribution in [3.63, 3.8) is 0 Å². The number of hydrogen-bond donors (Lipinski definition) is 2. The lowest BCUT2D eigenvalue weighted by Crippen LogP contribution is -3.16. The lowest BCUT2D eigenvalue weighted by Gasteiger charge is -2.34. The molecule has 4 nitrogen and oxygen atoms in total. The molecule has 24 heavy (non-hydrogen) atoms. The van der Waals surface area contributed by atoms with Gasteiger partial charge in [-0.3, -0.25) is 0 Å². The monoisotopic (exact) mass is 347 g/mol. The summed E-state index contributed by atoms with van der Waals surface area (Å²) >= 11 is 6.06. The third-order valence-corrected chi connectivity index (χ3v) is 4.70. The molecule has 1 heterocycles. The molecule has 1 atom stereocenters. The lowest BCUT2D eigenvalue weighted by atomic mass is 10.2. The Morgan fingerprint density at radius 3 is 2.42 bits per heavy atom. The van der Waals surface area contributed by atoms with Gasteiger partial charge in [-0.1, -0.05) is 41.9 Å². The molecule has 0 unspecified atom stereocenters. The molecule has 128 valence electrons. The first-order chi connectivity index (χ1) is 11.7. The van der Waals surface area contributed by atoms with Crippen molar-refractivity contribution < 1.29 is 14.7 Å². The Balaban J connectivity index is 1.42. The van der Waals surface area contributed by atoms with Gasteiger partial charge in [0.2, 0.25) is 0 Å². The molecule has 0 spiro atoms. The van der Waals surface area contributed by atoms with E-state index in [2.05, 4.69) is 29.2 Å². The van der Waals surface area contributed by atoms with Gasteiger partial charge in [0.15, 0.2) is 0 Å². The fraction of sp³-hybridized carbons (Fsp3) is 0.368. The van der Waals surface area contributed by atoms with Crippen molar-refractivity contribution in [1.29, 1.82) is 0 Å². The molecule has 3 rings (SSSR count). The maximum atomic E-state index is 10.2. The molecule has 1 fully saturated rings. The molecule has 0 saturated carbocycles. The molecular weight excluding hydrogens is 324 g/mol. The summed E-state index contributed by atoms with van der Waals surface area (Å²) < 4.78 is 5.62. The molecule has 1 aliphatic heterocycles. The SMILES string of the molecule is O[C@H](COc1ccccc1Cl)C[NH+]1CCN(c2ccccc2)CC1. The van der Waals surface area contributed by atoms with Gasteiger partial charge in [-0.05, 0) is 24.3 Å². The summed E-state index contributed by atoms with van der Waals surface area (Å²) in [5.41, 5.74) is 1.28. The highest BCUT2D eigenvalue weighted by Gasteiger charge is 2.22. The van der Waals surface area contributed by atoms with Gasteiger partial charge in [0.05, 0.1) is 31.2 Å². The summed E-state index contributed by atoms with van der Waals surface area (Å²) in [7, 11) is 0. The number of quaternary nitrogens is 1. The second-order valence-corrected chi connectivity index (χ2v) is 6.58. The van der Waals surface area contributed by atoms with Gasteiger partial charge in [-0.15, -0.1) is 0 Å². The van der Waals surface area contributed by atoms with E-state index in [4.69, 9.17) is 16.3 Å². The summed E-state index contributed by atoms with van der Waals surface area (Å²) in [6.07, 6.45) is -0.487. The van der Waals surface area contributed by atoms with Gasteiger partial charge in [0.25, 0.3) is 0 Å². The van der Waals surface area contributed by atoms with Crippen molar-refractivity contribution in [2.45, 2.75) is 6.10 Å². The number of halogens is 1. The number of hydrogen-bond acceptors (Lipinski definition) is 3. The first-order valence-electron chi connectivity index (χ1n) is 8.41. The molecule has 0 amide bonds. The predicted octanol–water partition coefficient (Wildman–Crippen LogP) is 1.48. The van der Waals surface area contributed by atoms with Crippen LogP contribution in [0.2, 0.25) is 5.02 Å². The van der Waals surface area contributed by atoms with E-state index in [9.17, 15) is 5.11 Å². The van der Waals surface area contributed by atoms with Gasteiger partial charge < -0.3 is 19.6 Å². The molecule has 1 saturated heterocycles. The smallest absolute Gasteiger partial charge is 0.138 e. The van der Waals surface area contributed by atoms with Gasteiger partial charge in [0, 0.05) is 5.69 Å². The van der Waals surface area contributed by atoms with Crippen molar-refractivity contribution >= 4 is 17.3 Å². The van der Waals surface area contributed by atoms with E-state index in [1.54, 1.807) is 6.07 Å². The molecule has 2 aromatic rings. The van der Waals surface area contributed by atoms with Gasteiger partial charge in [0.1, 0.15) is 25.0 Å². The fourth-order valence-corrected chi connectivity index (χ4v) is 3.25. The topological polar surface area (TPSA) is 37.1 Å². The van der Waals surface area contributed by atoms with Crippen molar-refractivity contribution in [3.8, 4) is 5.75 Å². The normalized spacial score (nSPS) is 16.8. The Hall–Kier alpha value is -1.75. The number of benzene rings is 2. The lowest BCUT2D eigenvalue weighted by molar-refractivity contribution is -0.903. The molecule has 0 bridgehead atoms. The van der Waals surface area contributed by atoms with Crippen LogP contribution in [-0.2, 0) is 0 Å². The Morgan fingerprint density at radius 1 is 1.04 bits per heavy atom. The molecule has 0 aliphatic carbocycles. The Bertz CT molecular complexity index is 630. The van der Waals surface area contributed by atoms with E-state index in [1.807, 2.05) is 24.3 Å². The number of aliphatic hydroxyl groups excluding tert-OH is 1. The van der Waals surface area contributed by atoms with E-state index < -0.39 is 6.10 Å². The molecule has 2 aromatic carbocycles. The maximum Gasteiger partial charge on any atom is 0.138 e. The zero-order chi connectivity index (χ0) is 16.8. The average Bonchev–Trinajstić information content (AvgIpc) is 2.62. The van der Waals surface area contributed by atoms with Gasteiger partial charge in [-0.25, -0.2) is 0 Å². The molecule has 0 radical (unpaired) electrons. The zero-order valence-electron chi connectivity index (χ0n) is 13.7. The highest BCUT2D eigenvalue weighted by molar-refractivity contribution is 6.32. The number of rotatable bonds is 6. The van der Waals surface area contributed by atoms with E-state index in [0.717, 1.165) is 26.2 Å². The number of para-hydroxylation sites is 2. The Kier molecular flexibility index (Phi) is 5.96. The summed E-state index contributed by atoms with van der Waals surface area (Å²) in [6, 6.07) is 17.8.